The summed E-state index contributed by atoms with van der Waals surface area (Å²) in [6, 6.07) is 3.40. The van der Waals surface area contributed by atoms with Crippen molar-refractivity contribution in [1.82, 2.24) is 19.7 Å². The molecule has 48 heavy (non-hydrogen) atoms. The number of carbonyl (C=O) groups is 2. The topological polar surface area (TPSA) is 110 Å². The summed E-state index contributed by atoms with van der Waals surface area (Å²) in [6.07, 6.45) is -9.88. The molecule has 1 aliphatic rings. The van der Waals surface area contributed by atoms with Crippen LogP contribution in [0.15, 0.2) is 29.2 Å². The van der Waals surface area contributed by atoms with Gasteiger partial charge in [-0.2, -0.15) is 26.3 Å². The molecule has 0 radical (unpaired) electrons. The molecule has 0 unspecified atom stereocenters. The number of anilines is 2. The van der Waals surface area contributed by atoms with Gasteiger partial charge in [-0.1, -0.05) is 19.6 Å². The SMILES string of the molecule is CC(C)(C)OC(=O)N(CCCC(=O)N1CCN(c2ccc(C(F)(F)F)cn2)CC1)c1cc(C(F)(F)F)c(=O)n(COCC[Si](C)(C)C)n1. The lowest BCUT2D eigenvalue weighted by molar-refractivity contribution is -0.139. The number of amides is 2. The first-order chi connectivity index (χ1) is 22.0. The maximum atomic E-state index is 13.9. The van der Waals surface area contributed by atoms with Crippen LogP contribution < -0.4 is 15.4 Å². The van der Waals surface area contributed by atoms with Gasteiger partial charge in [-0.05, 0) is 45.4 Å². The molecule has 0 aromatic carbocycles. The number of hydrogen-bond acceptors (Lipinski definition) is 8. The molecule has 3 heterocycles. The van der Waals surface area contributed by atoms with E-state index in [-0.39, 0.29) is 45.0 Å². The van der Waals surface area contributed by atoms with E-state index in [2.05, 4.69) is 29.7 Å². The number of nitrogens with zero attached hydrogens (tertiary/aromatic N) is 6. The van der Waals surface area contributed by atoms with Crippen molar-refractivity contribution in [3.05, 3.63) is 45.9 Å². The van der Waals surface area contributed by atoms with E-state index in [4.69, 9.17) is 9.47 Å². The summed E-state index contributed by atoms with van der Waals surface area (Å²) < 4.78 is 91.8. The molecule has 268 valence electrons. The molecule has 2 aromatic heterocycles. The number of hydrogen-bond donors (Lipinski definition) is 0. The van der Waals surface area contributed by atoms with E-state index in [1.54, 1.807) is 30.6 Å². The summed E-state index contributed by atoms with van der Waals surface area (Å²) in [7, 11) is -1.53. The van der Waals surface area contributed by atoms with E-state index in [9.17, 15) is 40.7 Å². The van der Waals surface area contributed by atoms with Crippen molar-refractivity contribution in [3.63, 3.8) is 0 Å². The fourth-order valence-electron chi connectivity index (χ4n) is 4.57. The third kappa shape index (κ3) is 11.5. The van der Waals surface area contributed by atoms with Crippen molar-refractivity contribution in [3.8, 4) is 0 Å². The van der Waals surface area contributed by atoms with Crippen LogP contribution in [0.5, 0.6) is 0 Å². The number of piperazine rings is 1. The number of rotatable bonds is 11. The minimum absolute atomic E-state index is 0.0214. The van der Waals surface area contributed by atoms with E-state index in [1.807, 2.05) is 0 Å². The summed E-state index contributed by atoms with van der Waals surface area (Å²) in [6.45, 7) is 11.6. The predicted molar refractivity (Wildman–Crippen MR) is 168 cm³/mol. The lowest BCUT2D eigenvalue weighted by atomic mass is 10.2. The Hall–Kier alpha value is -3.67. The van der Waals surface area contributed by atoms with Crippen molar-refractivity contribution in [2.75, 3.05) is 49.1 Å². The second kappa shape index (κ2) is 15.3. The normalized spacial score (nSPS) is 14.7. The van der Waals surface area contributed by atoms with Gasteiger partial charge in [-0.3, -0.25) is 14.5 Å². The van der Waals surface area contributed by atoms with Crippen LogP contribution in [0.3, 0.4) is 0 Å². The van der Waals surface area contributed by atoms with Crippen LogP contribution in [0.1, 0.15) is 44.7 Å². The fourth-order valence-corrected chi connectivity index (χ4v) is 5.33. The van der Waals surface area contributed by atoms with Crippen LogP contribution in [-0.4, -0.2) is 84.7 Å². The number of halogens is 6. The van der Waals surface area contributed by atoms with Crippen LogP contribution >= 0.6 is 0 Å². The smallest absolute Gasteiger partial charge is 0.421 e. The van der Waals surface area contributed by atoms with Gasteiger partial charge < -0.3 is 19.3 Å². The average Bonchev–Trinajstić information content (AvgIpc) is 2.96. The minimum Gasteiger partial charge on any atom is -0.443 e. The zero-order valence-electron chi connectivity index (χ0n) is 27.9. The highest BCUT2D eigenvalue weighted by molar-refractivity contribution is 6.76. The maximum absolute atomic E-state index is 13.9. The molecule has 0 N–H and O–H groups in total. The second-order valence-electron chi connectivity index (χ2n) is 13.6. The largest absolute Gasteiger partial charge is 0.443 e. The molecular weight excluding hydrogens is 666 g/mol. The molecule has 1 fully saturated rings. The van der Waals surface area contributed by atoms with Crippen LogP contribution in [0.4, 0.5) is 42.8 Å². The highest BCUT2D eigenvalue weighted by Crippen LogP contribution is 2.30. The zero-order valence-corrected chi connectivity index (χ0v) is 28.9. The Morgan fingerprint density at radius 2 is 1.62 bits per heavy atom. The first-order valence-electron chi connectivity index (χ1n) is 15.4. The van der Waals surface area contributed by atoms with E-state index < -0.39 is 61.4 Å². The molecule has 0 atom stereocenters. The number of carbonyl (C=O) groups excluding carboxylic acids is 2. The van der Waals surface area contributed by atoms with Gasteiger partial charge in [-0.15, -0.1) is 5.10 Å². The number of pyridine rings is 1. The first kappa shape index (κ1) is 38.8. The molecular formula is C30H42F6N6O5Si. The third-order valence-electron chi connectivity index (χ3n) is 7.17. The summed E-state index contributed by atoms with van der Waals surface area (Å²) in [5.74, 6) is -0.435. The minimum atomic E-state index is -5.05. The molecule has 1 saturated heterocycles. The molecule has 0 saturated carbocycles. The fraction of sp³-hybridized carbons (Fsp3) is 0.633. The lowest BCUT2D eigenvalue weighted by Gasteiger charge is -2.35. The predicted octanol–water partition coefficient (Wildman–Crippen LogP) is 5.86. The van der Waals surface area contributed by atoms with Crippen LogP contribution in [0, 0.1) is 0 Å². The summed E-state index contributed by atoms with van der Waals surface area (Å²) in [5.41, 5.74) is -4.85. The highest BCUT2D eigenvalue weighted by Gasteiger charge is 2.37. The van der Waals surface area contributed by atoms with Gasteiger partial charge >= 0.3 is 18.4 Å². The molecule has 2 aromatic rings. The first-order valence-corrected chi connectivity index (χ1v) is 19.1. The zero-order chi connectivity index (χ0) is 36.1. The van der Waals surface area contributed by atoms with Gasteiger partial charge in [0.1, 0.15) is 23.7 Å². The van der Waals surface area contributed by atoms with Gasteiger partial charge in [0.2, 0.25) is 5.91 Å². The molecule has 2 amide bonds. The quantitative estimate of drug-likeness (QED) is 0.162. The lowest BCUT2D eigenvalue weighted by Crippen LogP contribution is -2.49. The highest BCUT2D eigenvalue weighted by atomic mass is 28.3. The Balaban J connectivity index is 1.72. The molecule has 0 bridgehead atoms. The summed E-state index contributed by atoms with van der Waals surface area (Å²) in [5, 5.41) is 4.02. The van der Waals surface area contributed by atoms with Crippen LogP contribution in [-0.2, 0) is 33.4 Å². The van der Waals surface area contributed by atoms with Crippen molar-refractivity contribution in [2.45, 2.75) is 84.0 Å². The average molecular weight is 709 g/mol. The Morgan fingerprint density at radius 3 is 2.15 bits per heavy atom. The monoisotopic (exact) mass is 708 g/mol. The molecule has 18 heteroatoms. The van der Waals surface area contributed by atoms with Gasteiger partial charge in [-0.25, -0.2) is 14.5 Å². The number of ether oxygens (including phenoxy) is 2. The molecule has 11 nitrogen and oxygen atoms in total. The van der Waals surface area contributed by atoms with Crippen molar-refractivity contribution in [2.24, 2.45) is 0 Å². The van der Waals surface area contributed by atoms with Crippen molar-refractivity contribution < 1.29 is 45.4 Å². The van der Waals surface area contributed by atoms with E-state index >= 15 is 0 Å². The van der Waals surface area contributed by atoms with Crippen molar-refractivity contribution in [1.29, 1.82) is 0 Å². The van der Waals surface area contributed by atoms with Gasteiger partial charge in [0.25, 0.3) is 5.56 Å². The molecule has 0 spiro atoms. The number of aromatic nitrogens is 3. The van der Waals surface area contributed by atoms with E-state index in [1.165, 1.54) is 6.07 Å². The maximum Gasteiger partial charge on any atom is 0.421 e. The van der Waals surface area contributed by atoms with E-state index in [0.29, 0.717) is 35.7 Å². The summed E-state index contributed by atoms with van der Waals surface area (Å²) in [4.78, 5) is 47.0. The van der Waals surface area contributed by atoms with Crippen LogP contribution in [0.2, 0.25) is 25.7 Å². The van der Waals surface area contributed by atoms with E-state index in [0.717, 1.165) is 17.2 Å². The molecule has 1 aliphatic heterocycles. The van der Waals surface area contributed by atoms with Gasteiger partial charge in [0, 0.05) is 66.1 Å². The standard InChI is InChI=1S/C30H42F6N6O5Si/c1-28(2,3)47-27(45)41(24-18-22(30(34,35)36)26(44)42(38-24)20-46-16-17-48(4,5)6)11-7-8-25(43)40-14-12-39(13-15-40)23-10-9-21(19-37-23)29(31,32)33/h9-10,18-19H,7-8,11-17,20H2,1-6H3. The Bertz CT molecular complexity index is 1460. The van der Waals surface area contributed by atoms with Gasteiger partial charge in [0.05, 0.1) is 5.56 Å². The third-order valence-corrected chi connectivity index (χ3v) is 8.88. The van der Waals surface area contributed by atoms with Gasteiger partial charge in [0.15, 0.2) is 5.82 Å². The Morgan fingerprint density at radius 1 is 0.979 bits per heavy atom. The molecule has 3 rings (SSSR count). The Kier molecular flexibility index (Phi) is 12.3. The van der Waals surface area contributed by atoms with Crippen molar-refractivity contribution >= 4 is 31.7 Å². The molecule has 0 aliphatic carbocycles. The number of alkyl halides is 6. The van der Waals surface area contributed by atoms with Crippen LogP contribution in [0.25, 0.3) is 0 Å². The Labute approximate surface area is 275 Å². The second-order valence-corrected chi connectivity index (χ2v) is 19.2. The summed E-state index contributed by atoms with van der Waals surface area (Å²) >= 11 is 0.